The summed E-state index contributed by atoms with van der Waals surface area (Å²) in [6, 6.07) is 15.8. The molecule has 1 amide bonds. The summed E-state index contributed by atoms with van der Waals surface area (Å²) in [6.45, 7) is 2.09. The van der Waals surface area contributed by atoms with E-state index in [1.807, 2.05) is 47.4 Å². The molecule has 0 fully saturated rings. The first kappa shape index (κ1) is 13.2. The van der Waals surface area contributed by atoms with E-state index in [0.717, 1.165) is 17.7 Å². The van der Waals surface area contributed by atoms with E-state index in [1.54, 1.807) is 0 Å². The summed E-state index contributed by atoms with van der Waals surface area (Å²) in [4.78, 5) is 14.5. The molecule has 2 aromatic rings. The zero-order valence-electron chi connectivity index (χ0n) is 11.3. The standard InChI is InChI=1S/C17H16ClNO/c1-12-9-14-6-2-3-8-16(14)19(12)17(20)11-13-5-4-7-15(18)10-13/h2-8,10,12H,9,11H2,1H3. The largest absolute Gasteiger partial charge is 0.309 e. The molecule has 102 valence electrons. The van der Waals surface area contributed by atoms with Crippen molar-refractivity contribution in [2.75, 3.05) is 4.90 Å². The number of anilines is 1. The van der Waals surface area contributed by atoms with Gasteiger partial charge in [0.25, 0.3) is 0 Å². The fourth-order valence-corrected chi connectivity index (χ4v) is 3.07. The van der Waals surface area contributed by atoms with Gasteiger partial charge in [-0.25, -0.2) is 0 Å². The maximum atomic E-state index is 12.6. The molecular formula is C17H16ClNO. The van der Waals surface area contributed by atoms with Crippen LogP contribution in [0.4, 0.5) is 5.69 Å². The number of para-hydroxylation sites is 1. The lowest BCUT2D eigenvalue weighted by Gasteiger charge is -2.22. The van der Waals surface area contributed by atoms with Gasteiger partial charge in [-0.15, -0.1) is 0 Å². The topological polar surface area (TPSA) is 20.3 Å². The van der Waals surface area contributed by atoms with Crippen LogP contribution < -0.4 is 4.90 Å². The third-order valence-corrected chi connectivity index (χ3v) is 3.96. The Balaban J connectivity index is 1.84. The van der Waals surface area contributed by atoms with Gasteiger partial charge in [0.1, 0.15) is 0 Å². The Labute approximate surface area is 124 Å². The molecule has 1 heterocycles. The Morgan fingerprint density at radius 1 is 1.25 bits per heavy atom. The van der Waals surface area contributed by atoms with E-state index in [1.165, 1.54) is 5.56 Å². The Morgan fingerprint density at radius 2 is 2.05 bits per heavy atom. The molecule has 0 aliphatic carbocycles. The number of fused-ring (bicyclic) bond motifs is 1. The molecule has 2 nitrogen and oxygen atoms in total. The fourth-order valence-electron chi connectivity index (χ4n) is 2.85. The Bertz CT molecular complexity index is 653. The van der Waals surface area contributed by atoms with Gasteiger partial charge in [-0.3, -0.25) is 4.79 Å². The first-order valence-electron chi connectivity index (χ1n) is 6.79. The van der Waals surface area contributed by atoms with E-state index in [9.17, 15) is 4.79 Å². The van der Waals surface area contributed by atoms with Crippen molar-refractivity contribution in [1.29, 1.82) is 0 Å². The van der Waals surface area contributed by atoms with Gasteiger partial charge in [0, 0.05) is 16.8 Å². The summed E-state index contributed by atoms with van der Waals surface area (Å²) in [6.07, 6.45) is 1.32. The van der Waals surface area contributed by atoms with Gasteiger partial charge in [-0.1, -0.05) is 41.9 Å². The molecule has 1 aliphatic heterocycles. The maximum absolute atomic E-state index is 12.6. The summed E-state index contributed by atoms with van der Waals surface area (Å²) in [5, 5.41) is 0.671. The number of hydrogen-bond acceptors (Lipinski definition) is 1. The van der Waals surface area contributed by atoms with Crippen LogP contribution in [0.15, 0.2) is 48.5 Å². The molecule has 1 aliphatic rings. The summed E-state index contributed by atoms with van der Waals surface area (Å²) < 4.78 is 0. The highest BCUT2D eigenvalue weighted by molar-refractivity contribution is 6.30. The van der Waals surface area contributed by atoms with Crippen molar-refractivity contribution in [3.05, 3.63) is 64.7 Å². The molecule has 0 radical (unpaired) electrons. The van der Waals surface area contributed by atoms with Gasteiger partial charge in [-0.2, -0.15) is 0 Å². The lowest BCUT2D eigenvalue weighted by molar-refractivity contribution is -0.118. The van der Waals surface area contributed by atoms with E-state index >= 15 is 0 Å². The molecule has 2 aromatic carbocycles. The van der Waals surface area contributed by atoms with E-state index in [-0.39, 0.29) is 11.9 Å². The number of carbonyl (C=O) groups is 1. The van der Waals surface area contributed by atoms with Crippen LogP contribution in [0.3, 0.4) is 0 Å². The highest BCUT2D eigenvalue weighted by Gasteiger charge is 2.30. The van der Waals surface area contributed by atoms with Gasteiger partial charge >= 0.3 is 0 Å². The zero-order valence-corrected chi connectivity index (χ0v) is 12.1. The van der Waals surface area contributed by atoms with Gasteiger partial charge in [0.2, 0.25) is 5.91 Å². The number of benzene rings is 2. The molecule has 0 saturated carbocycles. The summed E-state index contributed by atoms with van der Waals surface area (Å²) in [7, 11) is 0. The highest BCUT2D eigenvalue weighted by Crippen LogP contribution is 2.32. The molecule has 1 atom stereocenters. The maximum Gasteiger partial charge on any atom is 0.231 e. The van der Waals surface area contributed by atoms with Crippen LogP contribution in [0.25, 0.3) is 0 Å². The Morgan fingerprint density at radius 3 is 2.85 bits per heavy atom. The van der Waals surface area contributed by atoms with Gasteiger partial charge < -0.3 is 4.90 Å². The normalized spacial score (nSPS) is 17.1. The van der Waals surface area contributed by atoms with Crippen molar-refractivity contribution in [3.8, 4) is 0 Å². The quantitative estimate of drug-likeness (QED) is 0.820. The first-order valence-corrected chi connectivity index (χ1v) is 7.17. The lowest BCUT2D eigenvalue weighted by Crippen LogP contribution is -2.36. The van der Waals surface area contributed by atoms with Crippen molar-refractivity contribution in [2.24, 2.45) is 0 Å². The average molecular weight is 286 g/mol. The second kappa shape index (κ2) is 5.29. The molecule has 1 unspecified atom stereocenters. The van der Waals surface area contributed by atoms with Crippen LogP contribution in [-0.4, -0.2) is 11.9 Å². The van der Waals surface area contributed by atoms with E-state index in [0.29, 0.717) is 11.4 Å². The molecule has 0 saturated heterocycles. The van der Waals surface area contributed by atoms with Crippen molar-refractivity contribution in [1.82, 2.24) is 0 Å². The van der Waals surface area contributed by atoms with Crippen molar-refractivity contribution >= 4 is 23.2 Å². The minimum Gasteiger partial charge on any atom is -0.309 e. The second-order valence-corrected chi connectivity index (χ2v) is 5.69. The number of nitrogens with zero attached hydrogens (tertiary/aromatic N) is 1. The summed E-state index contributed by atoms with van der Waals surface area (Å²) in [5.74, 6) is 0.129. The van der Waals surface area contributed by atoms with Crippen LogP contribution in [-0.2, 0) is 17.6 Å². The van der Waals surface area contributed by atoms with Crippen molar-refractivity contribution in [2.45, 2.75) is 25.8 Å². The van der Waals surface area contributed by atoms with Crippen LogP contribution in [0.2, 0.25) is 5.02 Å². The van der Waals surface area contributed by atoms with E-state index in [2.05, 4.69) is 13.0 Å². The molecule has 3 rings (SSSR count). The second-order valence-electron chi connectivity index (χ2n) is 5.25. The Kier molecular flexibility index (Phi) is 3.49. The number of hydrogen-bond donors (Lipinski definition) is 0. The molecule has 0 aromatic heterocycles. The minimum atomic E-state index is 0.129. The van der Waals surface area contributed by atoms with Gasteiger partial charge in [0.15, 0.2) is 0 Å². The molecule has 0 N–H and O–H groups in total. The number of carbonyl (C=O) groups excluding carboxylic acids is 1. The van der Waals surface area contributed by atoms with Crippen LogP contribution >= 0.6 is 11.6 Å². The Hall–Kier alpha value is -1.80. The van der Waals surface area contributed by atoms with Gasteiger partial charge in [-0.05, 0) is 42.7 Å². The fraction of sp³-hybridized carbons (Fsp3) is 0.235. The third-order valence-electron chi connectivity index (χ3n) is 3.72. The minimum absolute atomic E-state index is 0.129. The SMILES string of the molecule is CC1Cc2ccccc2N1C(=O)Cc1cccc(Cl)c1. The van der Waals surface area contributed by atoms with E-state index in [4.69, 9.17) is 11.6 Å². The van der Waals surface area contributed by atoms with Crippen molar-refractivity contribution in [3.63, 3.8) is 0 Å². The number of amides is 1. The molecule has 3 heteroatoms. The third kappa shape index (κ3) is 2.44. The summed E-state index contributed by atoms with van der Waals surface area (Å²) >= 11 is 5.97. The van der Waals surface area contributed by atoms with E-state index < -0.39 is 0 Å². The first-order chi connectivity index (χ1) is 9.65. The number of rotatable bonds is 2. The van der Waals surface area contributed by atoms with Crippen LogP contribution in [0.5, 0.6) is 0 Å². The van der Waals surface area contributed by atoms with Crippen LogP contribution in [0.1, 0.15) is 18.1 Å². The molecular weight excluding hydrogens is 270 g/mol. The predicted molar refractivity (Wildman–Crippen MR) is 82.3 cm³/mol. The molecule has 20 heavy (non-hydrogen) atoms. The average Bonchev–Trinajstić information content (AvgIpc) is 2.74. The smallest absolute Gasteiger partial charge is 0.231 e. The molecule has 0 bridgehead atoms. The zero-order chi connectivity index (χ0) is 14.1. The molecule has 0 spiro atoms. The lowest BCUT2D eigenvalue weighted by atomic mass is 10.1. The highest BCUT2D eigenvalue weighted by atomic mass is 35.5. The van der Waals surface area contributed by atoms with Crippen molar-refractivity contribution < 1.29 is 4.79 Å². The van der Waals surface area contributed by atoms with Crippen LogP contribution in [0, 0.1) is 0 Å². The predicted octanol–water partition coefficient (Wildman–Crippen LogP) is 3.86. The monoisotopic (exact) mass is 285 g/mol. The number of halogens is 1. The summed E-state index contributed by atoms with van der Waals surface area (Å²) in [5.41, 5.74) is 3.26. The van der Waals surface area contributed by atoms with Gasteiger partial charge in [0.05, 0.1) is 6.42 Å².